The summed E-state index contributed by atoms with van der Waals surface area (Å²) in [5.74, 6) is 3.53. The Bertz CT molecular complexity index is 1980. The van der Waals surface area contributed by atoms with Crippen LogP contribution in [0.1, 0.15) is 11.1 Å². The van der Waals surface area contributed by atoms with Gasteiger partial charge in [-0.15, -0.1) is 0 Å². The highest BCUT2D eigenvalue weighted by Gasteiger charge is 2.41. The third-order valence-electron chi connectivity index (χ3n) is 8.50. The van der Waals surface area contributed by atoms with Crippen LogP contribution in [0.3, 0.4) is 0 Å². The Balaban J connectivity index is 1.38. The standard InChI is InChI=1S/C38H27BO2/c1-24-11-6-8-15-29(24)27-19-20-32-34(21-27)40-35-22-28(30-16-9-7-12-25(30)2)23-36-37(35)39(32)33-18-10-17-31(38(33)41-36)26-13-4-3-5-14-26/h3-23H,1-2H3. The lowest BCUT2D eigenvalue weighted by Crippen LogP contribution is -2.57. The molecule has 2 nitrogen and oxygen atoms in total. The van der Waals surface area contributed by atoms with Gasteiger partial charge in [0.05, 0.1) is 0 Å². The lowest BCUT2D eigenvalue weighted by molar-refractivity contribution is 0.466. The minimum Gasteiger partial charge on any atom is -0.458 e. The molecule has 0 radical (unpaired) electrons. The van der Waals surface area contributed by atoms with Gasteiger partial charge in [-0.1, -0.05) is 109 Å². The first-order valence-electron chi connectivity index (χ1n) is 14.1. The molecule has 0 saturated carbocycles. The van der Waals surface area contributed by atoms with Gasteiger partial charge in [-0.05, 0) is 81.9 Å². The summed E-state index contributed by atoms with van der Waals surface area (Å²) in [6.07, 6.45) is 0. The van der Waals surface area contributed by atoms with Gasteiger partial charge in [0.25, 0.3) is 6.71 Å². The normalized spacial score (nSPS) is 12.5. The Morgan fingerprint density at radius 2 is 1.05 bits per heavy atom. The molecular weight excluding hydrogens is 499 g/mol. The van der Waals surface area contributed by atoms with E-state index in [1.165, 1.54) is 22.3 Å². The first kappa shape index (κ1) is 23.8. The summed E-state index contributed by atoms with van der Waals surface area (Å²) in [6, 6.07) is 45.1. The van der Waals surface area contributed by atoms with E-state index in [1.54, 1.807) is 0 Å². The summed E-state index contributed by atoms with van der Waals surface area (Å²) in [5.41, 5.74) is 12.8. The maximum absolute atomic E-state index is 6.86. The Hall–Kier alpha value is -5.02. The maximum Gasteiger partial charge on any atom is 0.260 e. The van der Waals surface area contributed by atoms with E-state index in [2.05, 4.69) is 141 Å². The molecule has 0 aliphatic carbocycles. The molecule has 6 aromatic carbocycles. The number of ether oxygens (including phenoxy) is 2. The van der Waals surface area contributed by atoms with E-state index < -0.39 is 0 Å². The highest BCUT2D eigenvalue weighted by molar-refractivity contribution is 6.98. The predicted octanol–water partition coefficient (Wildman–Crippen LogP) is 8.03. The molecule has 0 spiro atoms. The Morgan fingerprint density at radius 3 is 1.78 bits per heavy atom. The molecule has 2 heterocycles. The third-order valence-corrected chi connectivity index (χ3v) is 8.50. The van der Waals surface area contributed by atoms with E-state index in [9.17, 15) is 0 Å². The smallest absolute Gasteiger partial charge is 0.260 e. The molecule has 3 heteroatoms. The van der Waals surface area contributed by atoms with E-state index in [1.807, 2.05) is 0 Å². The number of fused-ring (bicyclic) bond motifs is 4. The van der Waals surface area contributed by atoms with Crippen LogP contribution in [0.25, 0.3) is 33.4 Å². The monoisotopic (exact) mass is 526 g/mol. The van der Waals surface area contributed by atoms with Crippen LogP contribution in [0.5, 0.6) is 23.0 Å². The molecule has 2 aliphatic heterocycles. The maximum atomic E-state index is 6.86. The van der Waals surface area contributed by atoms with E-state index >= 15 is 0 Å². The van der Waals surface area contributed by atoms with Crippen molar-refractivity contribution in [2.75, 3.05) is 0 Å². The van der Waals surface area contributed by atoms with Crippen molar-refractivity contribution in [2.24, 2.45) is 0 Å². The van der Waals surface area contributed by atoms with Gasteiger partial charge in [-0.25, -0.2) is 0 Å². The number of rotatable bonds is 3. The zero-order valence-electron chi connectivity index (χ0n) is 23.0. The largest absolute Gasteiger partial charge is 0.458 e. The number of hydrogen-bond donors (Lipinski definition) is 0. The van der Waals surface area contributed by atoms with Gasteiger partial charge in [0.15, 0.2) is 0 Å². The van der Waals surface area contributed by atoms with Crippen molar-refractivity contribution in [1.29, 1.82) is 0 Å². The van der Waals surface area contributed by atoms with Crippen LogP contribution >= 0.6 is 0 Å². The summed E-state index contributed by atoms with van der Waals surface area (Å²) < 4.78 is 13.6. The van der Waals surface area contributed by atoms with E-state index in [-0.39, 0.29) is 6.71 Å². The topological polar surface area (TPSA) is 18.5 Å². The van der Waals surface area contributed by atoms with Gasteiger partial charge in [0.1, 0.15) is 23.0 Å². The minimum absolute atomic E-state index is 0.00741. The van der Waals surface area contributed by atoms with Crippen molar-refractivity contribution >= 4 is 23.1 Å². The molecule has 0 N–H and O–H groups in total. The van der Waals surface area contributed by atoms with E-state index in [4.69, 9.17) is 9.47 Å². The summed E-state index contributed by atoms with van der Waals surface area (Å²) in [7, 11) is 0. The van der Waals surface area contributed by atoms with Gasteiger partial charge in [-0.2, -0.15) is 0 Å². The molecule has 0 aromatic heterocycles. The lowest BCUT2D eigenvalue weighted by atomic mass is 9.34. The molecule has 41 heavy (non-hydrogen) atoms. The van der Waals surface area contributed by atoms with Crippen LogP contribution < -0.4 is 25.9 Å². The number of aryl methyl sites for hydroxylation is 2. The predicted molar refractivity (Wildman–Crippen MR) is 170 cm³/mol. The molecule has 6 aromatic rings. The van der Waals surface area contributed by atoms with Crippen molar-refractivity contribution < 1.29 is 9.47 Å². The van der Waals surface area contributed by atoms with E-state index in [0.717, 1.165) is 61.6 Å². The Morgan fingerprint density at radius 1 is 0.439 bits per heavy atom. The summed E-state index contributed by atoms with van der Waals surface area (Å²) in [6.45, 7) is 4.32. The van der Waals surface area contributed by atoms with Crippen molar-refractivity contribution in [2.45, 2.75) is 13.8 Å². The zero-order chi connectivity index (χ0) is 27.5. The molecule has 0 bridgehead atoms. The lowest BCUT2D eigenvalue weighted by Gasteiger charge is -2.34. The second-order valence-corrected chi connectivity index (χ2v) is 11.0. The first-order chi connectivity index (χ1) is 20.2. The summed E-state index contributed by atoms with van der Waals surface area (Å²) in [5, 5.41) is 0. The molecule has 0 fully saturated rings. The number of benzene rings is 6. The second-order valence-electron chi connectivity index (χ2n) is 11.0. The minimum atomic E-state index is 0.00741. The molecule has 0 amide bonds. The molecule has 0 atom stereocenters. The van der Waals surface area contributed by atoms with Gasteiger partial charge in [0.2, 0.25) is 0 Å². The molecule has 8 rings (SSSR count). The zero-order valence-corrected chi connectivity index (χ0v) is 23.0. The Labute approximate surface area is 240 Å². The van der Waals surface area contributed by atoms with Crippen LogP contribution in [0, 0.1) is 13.8 Å². The number of hydrogen-bond acceptors (Lipinski definition) is 2. The van der Waals surface area contributed by atoms with Gasteiger partial charge >= 0.3 is 0 Å². The molecular formula is C38H27BO2. The summed E-state index contributed by atoms with van der Waals surface area (Å²) >= 11 is 0. The van der Waals surface area contributed by atoms with Crippen molar-refractivity contribution in [3.05, 3.63) is 139 Å². The van der Waals surface area contributed by atoms with Crippen LogP contribution in [-0.4, -0.2) is 6.71 Å². The number of para-hydroxylation sites is 1. The average molecular weight is 526 g/mol. The second kappa shape index (κ2) is 9.28. The van der Waals surface area contributed by atoms with Gasteiger partial charge in [0, 0.05) is 11.0 Å². The molecule has 194 valence electrons. The Kier molecular flexibility index (Phi) is 5.40. The fraction of sp³-hybridized carbons (Fsp3) is 0.0526. The highest BCUT2D eigenvalue weighted by Crippen LogP contribution is 2.42. The molecule has 0 unspecified atom stereocenters. The quantitative estimate of drug-likeness (QED) is 0.217. The SMILES string of the molecule is Cc1ccccc1-c1ccc2c(c1)Oc1cc(-c3ccccc3C)cc3c1B2c1cccc(-c2ccccc2)c1O3. The van der Waals surface area contributed by atoms with Gasteiger partial charge < -0.3 is 9.47 Å². The summed E-state index contributed by atoms with van der Waals surface area (Å²) in [4.78, 5) is 0. The average Bonchev–Trinajstić information content (AvgIpc) is 3.01. The van der Waals surface area contributed by atoms with Gasteiger partial charge in [-0.3, -0.25) is 0 Å². The van der Waals surface area contributed by atoms with Crippen LogP contribution in [0.4, 0.5) is 0 Å². The van der Waals surface area contributed by atoms with Crippen LogP contribution in [0.2, 0.25) is 0 Å². The van der Waals surface area contributed by atoms with Crippen LogP contribution in [-0.2, 0) is 0 Å². The fourth-order valence-electron chi connectivity index (χ4n) is 6.48. The highest BCUT2D eigenvalue weighted by atomic mass is 16.5. The van der Waals surface area contributed by atoms with Crippen molar-refractivity contribution in [3.8, 4) is 56.4 Å². The van der Waals surface area contributed by atoms with Crippen molar-refractivity contribution in [3.63, 3.8) is 0 Å². The fourth-order valence-corrected chi connectivity index (χ4v) is 6.48. The first-order valence-corrected chi connectivity index (χ1v) is 14.1. The van der Waals surface area contributed by atoms with Crippen LogP contribution in [0.15, 0.2) is 127 Å². The van der Waals surface area contributed by atoms with E-state index in [0.29, 0.717) is 0 Å². The molecule has 0 saturated heterocycles. The molecule has 2 aliphatic rings. The third kappa shape index (κ3) is 3.81. The van der Waals surface area contributed by atoms with Crippen molar-refractivity contribution in [1.82, 2.24) is 0 Å².